The summed E-state index contributed by atoms with van der Waals surface area (Å²) in [6, 6.07) is 12.2. The number of furan rings is 1. The summed E-state index contributed by atoms with van der Waals surface area (Å²) < 4.78 is 10.8. The molecule has 1 N–H and O–H groups in total. The first-order valence-electron chi connectivity index (χ1n) is 11.4. The van der Waals surface area contributed by atoms with Crippen molar-refractivity contribution in [3.8, 4) is 0 Å². The molecule has 0 saturated carbocycles. The van der Waals surface area contributed by atoms with Gasteiger partial charge in [0.1, 0.15) is 11.5 Å². The van der Waals surface area contributed by atoms with Crippen molar-refractivity contribution in [2.45, 2.75) is 45.7 Å². The van der Waals surface area contributed by atoms with Gasteiger partial charge in [0.15, 0.2) is 5.82 Å². The van der Waals surface area contributed by atoms with Crippen molar-refractivity contribution >= 4 is 23.3 Å². The molecule has 8 nitrogen and oxygen atoms in total. The molecule has 1 saturated heterocycles. The lowest BCUT2D eigenvalue weighted by Gasteiger charge is -2.31. The smallest absolute Gasteiger partial charge is 0.257 e. The van der Waals surface area contributed by atoms with Gasteiger partial charge in [-0.2, -0.15) is 0 Å². The number of anilines is 2. The minimum absolute atomic E-state index is 0.0372. The third-order valence-corrected chi connectivity index (χ3v) is 6.67. The lowest BCUT2D eigenvalue weighted by Crippen LogP contribution is -2.41. The highest BCUT2D eigenvalue weighted by Crippen LogP contribution is 2.34. The molecular weight excluding hydrogens is 420 g/mol. The van der Waals surface area contributed by atoms with E-state index in [4.69, 9.17) is 8.94 Å². The Morgan fingerprint density at radius 2 is 1.97 bits per heavy atom. The van der Waals surface area contributed by atoms with Crippen LogP contribution in [0.2, 0.25) is 0 Å². The molecule has 1 aromatic carbocycles. The number of nitrogens with one attached hydrogen (secondary N) is 1. The van der Waals surface area contributed by atoms with Gasteiger partial charge >= 0.3 is 0 Å². The summed E-state index contributed by atoms with van der Waals surface area (Å²) in [6.07, 6.45) is 3.80. The number of piperidine rings is 1. The topological polar surface area (TPSA) is 91.8 Å². The Kier molecular flexibility index (Phi) is 5.66. The van der Waals surface area contributed by atoms with Gasteiger partial charge in [-0.15, -0.1) is 0 Å². The van der Waals surface area contributed by atoms with E-state index in [1.165, 1.54) is 11.3 Å². The molecule has 172 valence electrons. The van der Waals surface area contributed by atoms with Gasteiger partial charge in [0.2, 0.25) is 5.91 Å². The molecule has 1 fully saturated rings. The van der Waals surface area contributed by atoms with Crippen LogP contribution in [-0.4, -0.2) is 41.0 Å². The number of rotatable bonds is 5. The van der Waals surface area contributed by atoms with Crippen LogP contribution in [0.1, 0.15) is 47.2 Å². The third kappa shape index (κ3) is 4.25. The second kappa shape index (κ2) is 8.77. The van der Waals surface area contributed by atoms with Crippen LogP contribution in [0.3, 0.4) is 0 Å². The van der Waals surface area contributed by atoms with Crippen molar-refractivity contribution in [3.05, 3.63) is 65.3 Å². The van der Waals surface area contributed by atoms with Crippen molar-refractivity contribution in [1.29, 1.82) is 0 Å². The summed E-state index contributed by atoms with van der Waals surface area (Å²) in [6.45, 7) is 5.59. The van der Waals surface area contributed by atoms with E-state index in [2.05, 4.69) is 40.5 Å². The van der Waals surface area contributed by atoms with Gasteiger partial charge in [0.25, 0.3) is 5.91 Å². The van der Waals surface area contributed by atoms with Crippen LogP contribution in [0.4, 0.5) is 11.5 Å². The molecule has 3 aromatic rings. The molecule has 0 aliphatic carbocycles. The fourth-order valence-electron chi connectivity index (χ4n) is 4.85. The number of amides is 2. The molecule has 2 aromatic heterocycles. The summed E-state index contributed by atoms with van der Waals surface area (Å²) in [5.41, 5.74) is 3.13. The highest BCUT2D eigenvalue weighted by atomic mass is 16.5. The van der Waals surface area contributed by atoms with Crippen LogP contribution < -0.4 is 10.2 Å². The van der Waals surface area contributed by atoms with Crippen LogP contribution >= 0.6 is 0 Å². The van der Waals surface area contributed by atoms with Crippen molar-refractivity contribution in [1.82, 2.24) is 10.1 Å². The van der Waals surface area contributed by atoms with Crippen LogP contribution in [-0.2, 0) is 17.8 Å². The maximum atomic E-state index is 13.3. The minimum Gasteiger partial charge on any atom is -0.467 e. The Hall–Kier alpha value is -3.55. The number of likely N-dealkylation sites (tertiary alicyclic amines) is 1. The monoisotopic (exact) mass is 448 g/mol. The van der Waals surface area contributed by atoms with Gasteiger partial charge in [0, 0.05) is 36.8 Å². The predicted molar refractivity (Wildman–Crippen MR) is 123 cm³/mol. The SMILES string of the molecule is Cc1cc(NC(=O)C2CCN(C(=O)c3ccoc3CN3c4ccccc4CC3C)CC2)no1. The van der Waals surface area contributed by atoms with E-state index in [1.54, 1.807) is 25.3 Å². The highest BCUT2D eigenvalue weighted by Gasteiger charge is 2.32. The number of aromatic nitrogens is 1. The fraction of sp³-hybridized carbons (Fsp3) is 0.400. The van der Waals surface area contributed by atoms with Crippen molar-refractivity contribution in [3.63, 3.8) is 0 Å². The summed E-state index contributed by atoms with van der Waals surface area (Å²) in [4.78, 5) is 29.9. The van der Waals surface area contributed by atoms with Gasteiger partial charge in [-0.1, -0.05) is 23.4 Å². The second-order valence-corrected chi connectivity index (χ2v) is 8.95. The second-order valence-electron chi connectivity index (χ2n) is 8.95. The molecular formula is C25H28N4O4. The molecule has 1 unspecified atom stereocenters. The molecule has 0 spiro atoms. The van der Waals surface area contributed by atoms with Crippen molar-refractivity contribution in [2.75, 3.05) is 23.3 Å². The molecule has 33 heavy (non-hydrogen) atoms. The number of fused-ring (bicyclic) bond motifs is 1. The zero-order valence-electron chi connectivity index (χ0n) is 18.9. The lowest BCUT2D eigenvalue weighted by molar-refractivity contribution is -0.121. The predicted octanol–water partition coefficient (Wildman–Crippen LogP) is 4.02. The van der Waals surface area contributed by atoms with Crippen molar-refractivity contribution in [2.24, 2.45) is 5.92 Å². The first-order chi connectivity index (χ1) is 16.0. The summed E-state index contributed by atoms with van der Waals surface area (Å²) >= 11 is 0. The Balaban J connectivity index is 1.21. The summed E-state index contributed by atoms with van der Waals surface area (Å²) in [5.74, 6) is 1.48. The standard InChI is InChI=1S/C25H28N4O4/c1-16-13-19-5-3-4-6-21(19)29(16)15-22-20(9-12-32-22)25(31)28-10-7-18(8-11-28)24(30)26-23-14-17(2)33-27-23/h3-6,9,12,14,16,18H,7-8,10-11,13,15H2,1-2H3,(H,26,27,30). The number of benzene rings is 1. The maximum absolute atomic E-state index is 13.3. The zero-order chi connectivity index (χ0) is 22.9. The Morgan fingerprint density at radius 3 is 2.73 bits per heavy atom. The number of nitrogens with zero attached hydrogens (tertiary/aromatic N) is 3. The molecule has 4 heterocycles. The number of para-hydroxylation sites is 1. The number of carbonyl (C=O) groups excluding carboxylic acids is 2. The first-order valence-corrected chi connectivity index (χ1v) is 11.4. The van der Waals surface area contributed by atoms with Crippen LogP contribution in [0.25, 0.3) is 0 Å². The minimum atomic E-state index is -0.156. The van der Waals surface area contributed by atoms with E-state index < -0.39 is 0 Å². The maximum Gasteiger partial charge on any atom is 0.257 e. The number of hydrogen-bond donors (Lipinski definition) is 1. The van der Waals surface area contributed by atoms with E-state index >= 15 is 0 Å². The van der Waals surface area contributed by atoms with E-state index in [1.807, 2.05) is 11.0 Å². The van der Waals surface area contributed by atoms with Gasteiger partial charge in [-0.25, -0.2) is 0 Å². The largest absolute Gasteiger partial charge is 0.467 e. The van der Waals surface area contributed by atoms with E-state index in [9.17, 15) is 9.59 Å². The summed E-state index contributed by atoms with van der Waals surface area (Å²) in [7, 11) is 0. The third-order valence-electron chi connectivity index (χ3n) is 6.67. The van der Waals surface area contributed by atoms with Crippen LogP contribution in [0, 0.1) is 12.8 Å². The van der Waals surface area contributed by atoms with Gasteiger partial charge < -0.3 is 24.1 Å². The highest BCUT2D eigenvalue weighted by molar-refractivity contribution is 5.96. The first kappa shape index (κ1) is 21.3. The molecule has 0 bridgehead atoms. The van der Waals surface area contributed by atoms with Crippen molar-refractivity contribution < 1.29 is 18.5 Å². The molecule has 2 aliphatic heterocycles. The van der Waals surface area contributed by atoms with E-state index in [-0.39, 0.29) is 17.7 Å². The average molecular weight is 449 g/mol. The quantitative estimate of drug-likeness (QED) is 0.634. The Morgan fingerprint density at radius 1 is 1.18 bits per heavy atom. The number of hydrogen-bond acceptors (Lipinski definition) is 6. The number of aryl methyl sites for hydroxylation is 1. The Bertz CT molecular complexity index is 1160. The molecule has 0 radical (unpaired) electrons. The van der Waals surface area contributed by atoms with Gasteiger partial charge in [0.05, 0.1) is 18.4 Å². The normalized spacial score (nSPS) is 18.4. The lowest BCUT2D eigenvalue weighted by atomic mass is 9.95. The van der Waals surface area contributed by atoms with Crippen LogP contribution in [0.5, 0.6) is 0 Å². The molecule has 1 atom stereocenters. The van der Waals surface area contributed by atoms with Gasteiger partial charge in [-0.3, -0.25) is 9.59 Å². The zero-order valence-corrected chi connectivity index (χ0v) is 18.9. The van der Waals surface area contributed by atoms with E-state index in [0.717, 1.165) is 6.42 Å². The Labute approximate surface area is 192 Å². The van der Waals surface area contributed by atoms with E-state index in [0.29, 0.717) is 61.4 Å². The molecule has 2 amide bonds. The summed E-state index contributed by atoms with van der Waals surface area (Å²) in [5, 5.41) is 6.61. The fourth-order valence-corrected chi connectivity index (χ4v) is 4.85. The van der Waals surface area contributed by atoms with Crippen LogP contribution in [0.15, 0.2) is 51.6 Å². The number of carbonyl (C=O) groups is 2. The molecule has 5 rings (SSSR count). The average Bonchev–Trinajstić information content (AvgIpc) is 3.53. The molecule has 2 aliphatic rings. The van der Waals surface area contributed by atoms with Gasteiger partial charge in [-0.05, 0) is 50.8 Å². The molecule has 8 heteroatoms.